The maximum atomic E-state index is 13.7. The lowest BCUT2D eigenvalue weighted by Crippen LogP contribution is -2.38. The first-order valence-electron chi connectivity index (χ1n) is 13.3. The Labute approximate surface area is 230 Å². The van der Waals surface area contributed by atoms with Gasteiger partial charge in [0.1, 0.15) is 5.82 Å². The summed E-state index contributed by atoms with van der Waals surface area (Å²) in [5, 5.41) is 15.0. The van der Waals surface area contributed by atoms with Crippen LogP contribution in [0.3, 0.4) is 0 Å². The first kappa shape index (κ1) is 27.7. The van der Waals surface area contributed by atoms with Crippen molar-refractivity contribution < 1.29 is 9.59 Å². The lowest BCUT2D eigenvalue weighted by Gasteiger charge is -2.32. The maximum Gasteiger partial charge on any atom is 0.230 e. The third kappa shape index (κ3) is 6.59. The Bertz CT molecular complexity index is 1090. The fraction of sp³-hybridized carbons (Fsp3) is 0.593. The second-order valence-corrected chi connectivity index (χ2v) is 11.0. The highest BCUT2D eigenvalue weighted by atomic mass is 35.5. The molecule has 3 heterocycles. The van der Waals surface area contributed by atoms with Crippen LogP contribution in [0.15, 0.2) is 24.4 Å². The molecular formula is C27H38Cl2N6O2. The van der Waals surface area contributed by atoms with Crippen molar-refractivity contribution in [2.75, 3.05) is 29.9 Å². The van der Waals surface area contributed by atoms with Crippen LogP contribution in [0.5, 0.6) is 0 Å². The molecule has 0 bridgehead atoms. The van der Waals surface area contributed by atoms with Gasteiger partial charge < -0.3 is 20.9 Å². The van der Waals surface area contributed by atoms with E-state index in [2.05, 4.69) is 21.0 Å². The largest absolute Gasteiger partial charge is 0.356 e. The standard InChI is InChI=1S/C27H37ClN6O2.ClH/c1-33-26-21(16-31-33)17-34(24-8-7-22(28)14-23(24)32-26)27(36)20-5-2-19(3-6-20)15-30-25(35)9-4-18-10-12-29-13-11-18;/h7-8,14,16,18-20,29,32H,2-6,9-13,15,17H2,1H3,(H,30,35);1H. The van der Waals surface area contributed by atoms with E-state index in [1.54, 1.807) is 4.68 Å². The predicted octanol–water partition coefficient (Wildman–Crippen LogP) is 4.79. The quantitative estimate of drug-likeness (QED) is 0.482. The van der Waals surface area contributed by atoms with Crippen LogP contribution in [0.25, 0.3) is 0 Å². The highest BCUT2D eigenvalue weighted by Gasteiger charge is 2.33. The van der Waals surface area contributed by atoms with Gasteiger partial charge in [-0.15, -0.1) is 12.4 Å². The van der Waals surface area contributed by atoms with Gasteiger partial charge in [-0.25, -0.2) is 0 Å². The Balaban J connectivity index is 0.00000320. The second kappa shape index (κ2) is 12.5. The zero-order chi connectivity index (χ0) is 25.1. The molecular weight excluding hydrogens is 511 g/mol. The molecule has 1 saturated carbocycles. The number of carbonyl (C=O) groups is 2. The number of rotatable bonds is 6. The Morgan fingerprint density at radius 2 is 1.86 bits per heavy atom. The summed E-state index contributed by atoms with van der Waals surface area (Å²) in [5.41, 5.74) is 2.65. The smallest absolute Gasteiger partial charge is 0.230 e. The van der Waals surface area contributed by atoms with Crippen molar-refractivity contribution in [3.8, 4) is 0 Å². The second-order valence-electron chi connectivity index (χ2n) is 10.6. The lowest BCUT2D eigenvalue weighted by atomic mass is 9.81. The molecule has 202 valence electrons. The third-order valence-electron chi connectivity index (χ3n) is 8.13. The minimum absolute atomic E-state index is 0. The van der Waals surface area contributed by atoms with Crippen molar-refractivity contribution in [3.05, 3.63) is 35.0 Å². The van der Waals surface area contributed by atoms with E-state index in [0.29, 0.717) is 29.8 Å². The Morgan fingerprint density at radius 1 is 1.11 bits per heavy atom. The third-order valence-corrected chi connectivity index (χ3v) is 8.37. The number of benzene rings is 1. The molecule has 0 atom stereocenters. The van der Waals surface area contributed by atoms with E-state index < -0.39 is 0 Å². The molecule has 10 heteroatoms. The highest BCUT2D eigenvalue weighted by Crippen LogP contribution is 2.39. The van der Waals surface area contributed by atoms with Crippen LogP contribution >= 0.6 is 24.0 Å². The van der Waals surface area contributed by atoms with Gasteiger partial charge in [-0.3, -0.25) is 14.3 Å². The van der Waals surface area contributed by atoms with E-state index in [4.69, 9.17) is 11.6 Å². The summed E-state index contributed by atoms with van der Waals surface area (Å²) in [7, 11) is 1.89. The molecule has 1 saturated heterocycles. The molecule has 8 nitrogen and oxygen atoms in total. The fourth-order valence-electron chi connectivity index (χ4n) is 5.87. The van der Waals surface area contributed by atoms with Gasteiger partial charge in [0.25, 0.3) is 0 Å². The lowest BCUT2D eigenvalue weighted by molar-refractivity contribution is -0.124. The van der Waals surface area contributed by atoms with Gasteiger partial charge >= 0.3 is 0 Å². The molecule has 3 N–H and O–H groups in total. The van der Waals surface area contributed by atoms with E-state index in [9.17, 15) is 9.59 Å². The summed E-state index contributed by atoms with van der Waals surface area (Å²) < 4.78 is 1.79. The molecule has 5 rings (SSSR count). The van der Waals surface area contributed by atoms with Crippen molar-refractivity contribution in [2.45, 2.75) is 57.9 Å². The summed E-state index contributed by atoms with van der Waals surface area (Å²) in [6.07, 6.45) is 9.41. The van der Waals surface area contributed by atoms with E-state index >= 15 is 0 Å². The molecule has 2 aromatic rings. The number of nitrogens with zero attached hydrogens (tertiary/aromatic N) is 3. The van der Waals surface area contributed by atoms with E-state index in [0.717, 1.165) is 74.5 Å². The molecule has 1 aromatic carbocycles. The van der Waals surface area contributed by atoms with Crippen molar-refractivity contribution in [2.24, 2.45) is 24.8 Å². The van der Waals surface area contributed by atoms with Gasteiger partial charge in [0.2, 0.25) is 11.8 Å². The SMILES string of the molecule is Cl.Cn1ncc2c1Nc1cc(Cl)ccc1N(C(=O)C1CCC(CNC(=O)CCC3CCNCC3)CC1)C2. The molecule has 0 radical (unpaired) electrons. The highest BCUT2D eigenvalue weighted by molar-refractivity contribution is 6.31. The maximum absolute atomic E-state index is 13.7. The Kier molecular flexibility index (Phi) is 9.37. The van der Waals surface area contributed by atoms with Crippen molar-refractivity contribution in [3.63, 3.8) is 0 Å². The number of hydrogen-bond acceptors (Lipinski definition) is 5. The minimum Gasteiger partial charge on any atom is -0.356 e. The average Bonchev–Trinajstić information content (AvgIpc) is 3.15. The van der Waals surface area contributed by atoms with Crippen LogP contribution in [0.4, 0.5) is 17.2 Å². The fourth-order valence-corrected chi connectivity index (χ4v) is 6.04. The summed E-state index contributed by atoms with van der Waals surface area (Å²) in [6.45, 7) is 3.35. The number of fused-ring (bicyclic) bond motifs is 2. The first-order chi connectivity index (χ1) is 17.5. The zero-order valence-corrected chi connectivity index (χ0v) is 23.0. The summed E-state index contributed by atoms with van der Waals surface area (Å²) in [5.74, 6) is 2.31. The number of hydrogen-bond donors (Lipinski definition) is 3. The van der Waals surface area contributed by atoms with Gasteiger partial charge in [0.15, 0.2) is 0 Å². The molecule has 3 aliphatic rings. The van der Waals surface area contributed by atoms with Gasteiger partial charge in [-0.1, -0.05) is 11.6 Å². The Hall–Kier alpha value is -2.29. The zero-order valence-electron chi connectivity index (χ0n) is 21.5. The number of amides is 2. The molecule has 2 fully saturated rings. The average molecular weight is 550 g/mol. The topological polar surface area (TPSA) is 91.3 Å². The molecule has 1 aliphatic carbocycles. The van der Waals surface area contributed by atoms with E-state index in [-0.39, 0.29) is 30.1 Å². The van der Waals surface area contributed by atoms with E-state index in [1.165, 1.54) is 12.8 Å². The number of carbonyl (C=O) groups excluding carboxylic acids is 2. The number of halogens is 2. The van der Waals surface area contributed by atoms with Crippen LogP contribution in [0.2, 0.25) is 5.02 Å². The summed E-state index contributed by atoms with van der Waals surface area (Å²) in [4.78, 5) is 28.0. The number of nitrogens with one attached hydrogen (secondary N) is 3. The van der Waals surface area contributed by atoms with Crippen molar-refractivity contribution in [1.82, 2.24) is 20.4 Å². The molecule has 2 aliphatic heterocycles. The molecule has 37 heavy (non-hydrogen) atoms. The Morgan fingerprint density at radius 3 is 2.62 bits per heavy atom. The van der Waals surface area contributed by atoms with Crippen LogP contribution < -0.4 is 20.9 Å². The number of aryl methyl sites for hydroxylation is 1. The van der Waals surface area contributed by atoms with Gasteiger partial charge in [0.05, 0.1) is 24.1 Å². The van der Waals surface area contributed by atoms with Crippen LogP contribution in [-0.2, 0) is 23.2 Å². The van der Waals surface area contributed by atoms with Crippen LogP contribution in [0, 0.1) is 17.8 Å². The molecule has 2 amide bonds. The van der Waals surface area contributed by atoms with E-state index in [1.807, 2.05) is 36.3 Å². The van der Waals surface area contributed by atoms with Crippen LogP contribution in [0.1, 0.15) is 56.9 Å². The first-order valence-corrected chi connectivity index (χ1v) is 13.7. The number of anilines is 3. The monoisotopic (exact) mass is 548 g/mol. The number of aromatic nitrogens is 2. The summed E-state index contributed by atoms with van der Waals surface area (Å²) in [6, 6.07) is 5.62. The van der Waals surface area contributed by atoms with Gasteiger partial charge in [-0.05, 0) is 88.1 Å². The summed E-state index contributed by atoms with van der Waals surface area (Å²) >= 11 is 6.28. The predicted molar refractivity (Wildman–Crippen MR) is 150 cm³/mol. The molecule has 0 unspecified atom stereocenters. The number of piperidine rings is 1. The van der Waals surface area contributed by atoms with Crippen molar-refractivity contribution in [1.29, 1.82) is 0 Å². The molecule has 1 aromatic heterocycles. The van der Waals surface area contributed by atoms with Gasteiger partial charge in [0, 0.05) is 36.5 Å². The van der Waals surface area contributed by atoms with Crippen LogP contribution in [-0.4, -0.2) is 41.2 Å². The van der Waals surface area contributed by atoms with Crippen molar-refractivity contribution >= 4 is 53.0 Å². The minimum atomic E-state index is -0.0152. The normalized spacial score (nSPS) is 21.6. The van der Waals surface area contributed by atoms with Gasteiger partial charge in [-0.2, -0.15) is 5.10 Å². The molecule has 0 spiro atoms.